The minimum absolute atomic E-state index is 0.905. The highest BCUT2D eigenvalue weighted by Gasteiger charge is 2.24. The van der Waals surface area contributed by atoms with Gasteiger partial charge in [0.25, 0.3) is 0 Å². The molecule has 0 saturated heterocycles. The highest BCUT2D eigenvalue weighted by atomic mass is 16.5. The molecule has 0 fully saturated rings. The first-order chi connectivity index (χ1) is 26.8. The van der Waals surface area contributed by atoms with Gasteiger partial charge in [0.05, 0.1) is 0 Å². The van der Waals surface area contributed by atoms with Gasteiger partial charge in [0.1, 0.15) is 23.0 Å². The molecule has 0 unspecified atom stereocenters. The monoisotopic (exact) mass is 686 g/mol. The second kappa shape index (κ2) is 11.2. The van der Waals surface area contributed by atoms with Crippen LogP contribution in [0.5, 0.6) is 23.0 Å². The van der Waals surface area contributed by atoms with E-state index in [4.69, 9.17) is 9.47 Å². The molecule has 2 nitrogen and oxygen atoms in total. The van der Waals surface area contributed by atoms with Gasteiger partial charge in [0.2, 0.25) is 0 Å². The maximum atomic E-state index is 6.44. The van der Waals surface area contributed by atoms with Crippen LogP contribution in [0.15, 0.2) is 182 Å². The van der Waals surface area contributed by atoms with E-state index in [1.165, 1.54) is 76.8 Å². The van der Waals surface area contributed by atoms with Gasteiger partial charge in [-0.25, -0.2) is 0 Å². The molecule has 12 rings (SSSR count). The average Bonchev–Trinajstić information content (AvgIpc) is 3.23. The molecule has 250 valence electrons. The lowest BCUT2D eigenvalue weighted by molar-refractivity contribution is 0.487. The molecule has 0 saturated carbocycles. The van der Waals surface area contributed by atoms with Crippen LogP contribution >= 0.6 is 0 Å². The third kappa shape index (κ3) is 4.11. The zero-order valence-corrected chi connectivity index (χ0v) is 29.1. The Morgan fingerprint density at radius 2 is 0.463 bits per heavy atom. The summed E-state index contributed by atoms with van der Waals surface area (Å²) in [4.78, 5) is 0. The van der Waals surface area contributed by atoms with E-state index < -0.39 is 0 Å². The normalized spacial score (nSPS) is 12.4. The number of fused-ring (bicyclic) bond motifs is 6. The van der Waals surface area contributed by atoms with Crippen LogP contribution in [0.4, 0.5) is 0 Å². The molecule has 0 aliphatic carbocycles. The van der Waals surface area contributed by atoms with Crippen molar-refractivity contribution in [2.24, 2.45) is 0 Å². The van der Waals surface area contributed by atoms with Crippen LogP contribution in [-0.4, -0.2) is 0 Å². The molecular formula is C52H30O2. The first-order valence-electron chi connectivity index (χ1n) is 18.5. The van der Waals surface area contributed by atoms with E-state index in [1.54, 1.807) is 0 Å². The van der Waals surface area contributed by atoms with Gasteiger partial charge in [0, 0.05) is 21.9 Å². The van der Waals surface area contributed by atoms with Crippen LogP contribution in [0.2, 0.25) is 0 Å². The fourth-order valence-corrected chi connectivity index (χ4v) is 9.17. The van der Waals surface area contributed by atoms with Gasteiger partial charge >= 0.3 is 0 Å². The van der Waals surface area contributed by atoms with E-state index in [1.807, 2.05) is 12.1 Å². The van der Waals surface area contributed by atoms with Crippen molar-refractivity contribution < 1.29 is 9.47 Å². The number of hydrogen-bond donors (Lipinski definition) is 0. The zero-order valence-electron chi connectivity index (χ0n) is 29.1. The van der Waals surface area contributed by atoms with Gasteiger partial charge in [-0.3, -0.25) is 0 Å². The van der Waals surface area contributed by atoms with Crippen LogP contribution in [-0.2, 0) is 0 Å². The lowest BCUT2D eigenvalue weighted by atomic mass is 9.85. The zero-order chi connectivity index (χ0) is 35.3. The minimum atomic E-state index is 0.905. The van der Waals surface area contributed by atoms with Gasteiger partial charge in [-0.05, 0) is 101 Å². The topological polar surface area (TPSA) is 18.5 Å². The van der Waals surface area contributed by atoms with Gasteiger partial charge in [-0.2, -0.15) is 0 Å². The summed E-state index contributed by atoms with van der Waals surface area (Å²) in [6.07, 6.45) is 0. The van der Waals surface area contributed by atoms with E-state index in [0.717, 1.165) is 44.9 Å². The van der Waals surface area contributed by atoms with Crippen molar-refractivity contribution in [2.45, 2.75) is 0 Å². The Kier molecular flexibility index (Phi) is 6.09. The van der Waals surface area contributed by atoms with Crippen molar-refractivity contribution in [1.82, 2.24) is 0 Å². The molecule has 0 amide bonds. The minimum Gasteiger partial charge on any atom is -0.456 e. The van der Waals surface area contributed by atoms with Crippen LogP contribution in [0.25, 0.3) is 98.7 Å². The van der Waals surface area contributed by atoms with Crippen molar-refractivity contribution in [1.29, 1.82) is 0 Å². The summed E-state index contributed by atoms with van der Waals surface area (Å²) in [7, 11) is 0. The maximum Gasteiger partial charge on any atom is 0.135 e. The van der Waals surface area contributed by atoms with E-state index in [9.17, 15) is 0 Å². The lowest BCUT2D eigenvalue weighted by Gasteiger charge is -2.23. The first kappa shape index (κ1) is 29.4. The maximum absolute atomic E-state index is 6.44. The molecule has 2 aliphatic heterocycles. The fraction of sp³-hybridized carbons (Fsp3) is 0. The van der Waals surface area contributed by atoms with Crippen LogP contribution in [0.1, 0.15) is 0 Å². The van der Waals surface area contributed by atoms with Crippen molar-refractivity contribution in [2.75, 3.05) is 0 Å². The summed E-state index contributed by atoms with van der Waals surface area (Å²) in [6, 6.07) is 65.6. The van der Waals surface area contributed by atoms with E-state index in [-0.39, 0.29) is 0 Å². The summed E-state index contributed by atoms with van der Waals surface area (Å²) < 4.78 is 12.9. The lowest BCUT2D eigenvalue weighted by Crippen LogP contribution is -1.98. The molecular weight excluding hydrogens is 657 g/mol. The highest BCUT2D eigenvalue weighted by Crippen LogP contribution is 2.51. The number of rotatable bonds is 3. The standard InChI is InChI=1S/C52H30O2/c1-3-13-33-31(11-1)35(23-25-37(33)39-27-29-45-41-15-5-7-19-47(41)53-49-21-9-17-43(39)51(45)49)36-24-26-38(34-14-4-2-12-32(34)36)40-28-30-46-42-16-6-8-20-48(42)54-50-22-10-18-44(40)52(46)50/h1-30H. The highest BCUT2D eigenvalue weighted by molar-refractivity contribution is 6.18. The summed E-state index contributed by atoms with van der Waals surface area (Å²) in [5, 5.41) is 9.63. The van der Waals surface area contributed by atoms with Crippen molar-refractivity contribution in [3.8, 4) is 78.6 Å². The predicted molar refractivity (Wildman–Crippen MR) is 224 cm³/mol. The Bertz CT molecular complexity index is 3010. The third-order valence-electron chi connectivity index (χ3n) is 11.5. The summed E-state index contributed by atoms with van der Waals surface area (Å²) in [5.74, 6) is 3.62. The Balaban J connectivity index is 1.04. The number of benzene rings is 10. The van der Waals surface area contributed by atoms with Crippen molar-refractivity contribution in [3.05, 3.63) is 182 Å². The molecule has 0 spiro atoms. The molecule has 0 N–H and O–H groups in total. The van der Waals surface area contributed by atoms with E-state index >= 15 is 0 Å². The second-order valence-corrected chi connectivity index (χ2v) is 14.3. The van der Waals surface area contributed by atoms with Gasteiger partial charge < -0.3 is 9.47 Å². The largest absolute Gasteiger partial charge is 0.456 e. The molecule has 0 aromatic heterocycles. The van der Waals surface area contributed by atoms with E-state index in [2.05, 4.69) is 170 Å². The van der Waals surface area contributed by atoms with Gasteiger partial charge in [-0.1, -0.05) is 158 Å². The smallest absolute Gasteiger partial charge is 0.135 e. The fourth-order valence-electron chi connectivity index (χ4n) is 9.17. The Labute approximate surface area is 312 Å². The SMILES string of the molecule is c1ccc2c(c1)Oc1cccc3c(-c4ccc(-c5ccc(-c6ccc7c8c(cccc68)Oc6ccccc6-7)c6ccccc56)c5ccccc45)ccc-2c13. The molecule has 0 bridgehead atoms. The number of hydrogen-bond acceptors (Lipinski definition) is 2. The number of para-hydroxylation sites is 2. The number of ether oxygens (including phenoxy) is 2. The molecule has 2 heterocycles. The van der Waals surface area contributed by atoms with Crippen LogP contribution in [0, 0.1) is 0 Å². The molecule has 54 heavy (non-hydrogen) atoms. The molecule has 0 atom stereocenters. The Morgan fingerprint density at radius 1 is 0.185 bits per heavy atom. The first-order valence-corrected chi connectivity index (χ1v) is 18.5. The average molecular weight is 687 g/mol. The second-order valence-electron chi connectivity index (χ2n) is 14.3. The third-order valence-corrected chi connectivity index (χ3v) is 11.5. The molecule has 10 aromatic carbocycles. The summed E-state index contributed by atoms with van der Waals surface area (Å²) in [6.45, 7) is 0. The van der Waals surface area contributed by atoms with Crippen LogP contribution in [0.3, 0.4) is 0 Å². The van der Waals surface area contributed by atoms with Crippen LogP contribution < -0.4 is 9.47 Å². The van der Waals surface area contributed by atoms with Gasteiger partial charge in [-0.15, -0.1) is 0 Å². The summed E-state index contributed by atoms with van der Waals surface area (Å²) >= 11 is 0. The molecule has 2 aliphatic rings. The quantitative estimate of drug-likeness (QED) is 0.184. The Hall–Kier alpha value is -7.16. The van der Waals surface area contributed by atoms with Crippen molar-refractivity contribution in [3.63, 3.8) is 0 Å². The van der Waals surface area contributed by atoms with E-state index in [0.29, 0.717) is 0 Å². The molecule has 0 radical (unpaired) electrons. The van der Waals surface area contributed by atoms with Gasteiger partial charge in [0.15, 0.2) is 0 Å². The Morgan fingerprint density at radius 3 is 0.852 bits per heavy atom. The predicted octanol–water partition coefficient (Wildman–Crippen LogP) is 14.8. The molecule has 2 heteroatoms. The van der Waals surface area contributed by atoms with Crippen molar-refractivity contribution >= 4 is 43.1 Å². The summed E-state index contributed by atoms with van der Waals surface area (Å²) in [5.41, 5.74) is 12.0. The molecule has 10 aromatic rings.